The molecule has 0 fully saturated rings. The summed E-state index contributed by atoms with van der Waals surface area (Å²) in [6.07, 6.45) is 3.14. The maximum absolute atomic E-state index is 5.76. The molecule has 0 bridgehead atoms. The van der Waals surface area contributed by atoms with Crippen LogP contribution in [0, 0.1) is 6.92 Å². The number of nitrogen functional groups attached to an aromatic ring is 1. The summed E-state index contributed by atoms with van der Waals surface area (Å²) in [4.78, 5) is 4.33. The summed E-state index contributed by atoms with van der Waals surface area (Å²) in [5.41, 5.74) is 9.09. The summed E-state index contributed by atoms with van der Waals surface area (Å²) < 4.78 is 10.2. The predicted molar refractivity (Wildman–Crippen MR) is 66.6 cm³/mol. The summed E-state index contributed by atoms with van der Waals surface area (Å²) >= 11 is 0. The molecule has 0 radical (unpaired) electrons. The van der Waals surface area contributed by atoms with Gasteiger partial charge in [-0.05, 0) is 30.7 Å². The lowest BCUT2D eigenvalue weighted by molar-refractivity contribution is 0.432. The number of anilines is 1. The van der Waals surface area contributed by atoms with Gasteiger partial charge in [-0.3, -0.25) is 0 Å². The van der Waals surface area contributed by atoms with Gasteiger partial charge in [0.15, 0.2) is 0 Å². The highest BCUT2D eigenvalue weighted by Gasteiger charge is 2.13. The minimum atomic E-state index is 0.455. The highest BCUT2D eigenvalue weighted by molar-refractivity contribution is 5.65. The molecule has 0 saturated carbocycles. The van der Waals surface area contributed by atoms with E-state index in [1.54, 1.807) is 18.6 Å². The molecule has 5 heteroatoms. The van der Waals surface area contributed by atoms with Crippen molar-refractivity contribution in [3.63, 3.8) is 0 Å². The molecule has 0 unspecified atom stereocenters. The predicted octanol–water partition coefficient (Wildman–Crippen LogP) is 2.89. The van der Waals surface area contributed by atoms with Crippen molar-refractivity contribution in [2.24, 2.45) is 0 Å². The second-order valence-corrected chi connectivity index (χ2v) is 4.01. The van der Waals surface area contributed by atoms with Gasteiger partial charge in [0.1, 0.15) is 6.26 Å². The maximum atomic E-state index is 5.76. The van der Waals surface area contributed by atoms with Crippen LogP contribution in [0.4, 0.5) is 5.69 Å². The normalized spacial score (nSPS) is 10.7. The van der Waals surface area contributed by atoms with E-state index in [0.29, 0.717) is 17.4 Å². The monoisotopic (exact) mass is 241 g/mol. The smallest absolute Gasteiger partial charge is 0.258 e. The Morgan fingerprint density at radius 3 is 2.89 bits per heavy atom. The van der Waals surface area contributed by atoms with Gasteiger partial charge < -0.3 is 14.7 Å². The Balaban J connectivity index is 2.05. The lowest BCUT2D eigenvalue weighted by atomic mass is 10.1. The van der Waals surface area contributed by atoms with Crippen molar-refractivity contribution in [3.05, 3.63) is 42.4 Å². The number of aryl methyl sites for hydroxylation is 1. The number of rotatable bonds is 2. The highest BCUT2D eigenvalue weighted by atomic mass is 16.5. The molecule has 0 saturated heterocycles. The molecule has 3 rings (SSSR count). The first kappa shape index (κ1) is 10.6. The summed E-state index contributed by atoms with van der Waals surface area (Å²) in [5, 5.41) is 3.92. The number of hydrogen-bond acceptors (Lipinski definition) is 5. The topological polar surface area (TPSA) is 78.1 Å². The Kier molecular flexibility index (Phi) is 2.37. The van der Waals surface area contributed by atoms with Crippen LogP contribution in [0.3, 0.4) is 0 Å². The van der Waals surface area contributed by atoms with Crippen LogP contribution in [0.2, 0.25) is 0 Å². The van der Waals surface area contributed by atoms with Crippen molar-refractivity contribution in [1.82, 2.24) is 10.1 Å². The molecule has 0 aliphatic carbocycles. The van der Waals surface area contributed by atoms with Crippen LogP contribution in [0.15, 0.2) is 45.7 Å². The maximum Gasteiger partial charge on any atom is 0.258 e. The molecule has 3 aromatic rings. The molecule has 0 spiro atoms. The van der Waals surface area contributed by atoms with Gasteiger partial charge >= 0.3 is 0 Å². The Morgan fingerprint density at radius 2 is 2.11 bits per heavy atom. The molecule has 2 heterocycles. The first-order chi connectivity index (χ1) is 8.74. The summed E-state index contributed by atoms with van der Waals surface area (Å²) in [5.74, 6) is 0.955. The van der Waals surface area contributed by atoms with Crippen molar-refractivity contribution >= 4 is 5.69 Å². The number of hydrogen-bond donors (Lipinski definition) is 1. The zero-order valence-electron chi connectivity index (χ0n) is 9.75. The molecule has 0 aliphatic rings. The molecule has 0 aliphatic heterocycles. The zero-order valence-corrected chi connectivity index (χ0v) is 9.75. The lowest BCUT2D eigenvalue weighted by Gasteiger charge is -2.01. The van der Waals surface area contributed by atoms with Crippen molar-refractivity contribution < 1.29 is 8.94 Å². The number of furan rings is 1. The quantitative estimate of drug-likeness (QED) is 0.698. The second kappa shape index (κ2) is 4.03. The van der Waals surface area contributed by atoms with E-state index in [-0.39, 0.29) is 0 Å². The van der Waals surface area contributed by atoms with Crippen LogP contribution in [-0.2, 0) is 0 Å². The SMILES string of the molecule is Cc1ccc(N)cc1-c1nc(-c2ccoc2)no1. The van der Waals surface area contributed by atoms with Gasteiger partial charge in [0.25, 0.3) is 5.89 Å². The fourth-order valence-corrected chi connectivity index (χ4v) is 1.71. The third-order valence-electron chi connectivity index (χ3n) is 2.70. The van der Waals surface area contributed by atoms with E-state index in [2.05, 4.69) is 10.1 Å². The van der Waals surface area contributed by atoms with Gasteiger partial charge in [-0.1, -0.05) is 11.2 Å². The number of nitrogens with zero attached hydrogens (tertiary/aromatic N) is 2. The highest BCUT2D eigenvalue weighted by Crippen LogP contribution is 2.26. The summed E-state index contributed by atoms with van der Waals surface area (Å²) in [6, 6.07) is 7.36. The molecule has 5 nitrogen and oxygen atoms in total. The Hall–Kier alpha value is -2.56. The van der Waals surface area contributed by atoms with Gasteiger partial charge in [0.2, 0.25) is 5.82 Å². The molecule has 0 amide bonds. The molecule has 2 N–H and O–H groups in total. The standard InChI is InChI=1S/C13H11N3O2/c1-8-2-3-10(14)6-11(8)13-15-12(16-18-13)9-4-5-17-7-9/h2-7H,14H2,1H3. The molecule has 0 atom stereocenters. The lowest BCUT2D eigenvalue weighted by Crippen LogP contribution is -1.89. The van der Waals surface area contributed by atoms with Crippen molar-refractivity contribution in [3.8, 4) is 22.8 Å². The van der Waals surface area contributed by atoms with E-state index in [1.807, 2.05) is 25.1 Å². The molecule has 1 aromatic carbocycles. The molecule has 18 heavy (non-hydrogen) atoms. The number of benzene rings is 1. The first-order valence-corrected chi connectivity index (χ1v) is 5.47. The van der Waals surface area contributed by atoms with Gasteiger partial charge in [0.05, 0.1) is 11.8 Å². The third-order valence-corrected chi connectivity index (χ3v) is 2.70. The van der Waals surface area contributed by atoms with Crippen LogP contribution in [0.25, 0.3) is 22.8 Å². The number of aromatic nitrogens is 2. The average Bonchev–Trinajstić information content (AvgIpc) is 3.00. The van der Waals surface area contributed by atoms with Gasteiger partial charge in [0, 0.05) is 11.3 Å². The fourth-order valence-electron chi connectivity index (χ4n) is 1.71. The van der Waals surface area contributed by atoms with E-state index in [1.165, 1.54) is 0 Å². The van der Waals surface area contributed by atoms with E-state index in [4.69, 9.17) is 14.7 Å². The van der Waals surface area contributed by atoms with Crippen LogP contribution in [0.1, 0.15) is 5.56 Å². The average molecular weight is 241 g/mol. The van der Waals surface area contributed by atoms with Crippen molar-refractivity contribution in [2.45, 2.75) is 6.92 Å². The van der Waals surface area contributed by atoms with Gasteiger partial charge in [-0.25, -0.2) is 0 Å². The van der Waals surface area contributed by atoms with E-state index < -0.39 is 0 Å². The van der Waals surface area contributed by atoms with Gasteiger partial charge in [-0.15, -0.1) is 0 Å². The summed E-state index contributed by atoms with van der Waals surface area (Å²) in [7, 11) is 0. The Bertz CT molecular complexity index is 671. The van der Waals surface area contributed by atoms with Crippen molar-refractivity contribution in [2.75, 3.05) is 5.73 Å². The van der Waals surface area contributed by atoms with Crippen LogP contribution < -0.4 is 5.73 Å². The minimum Gasteiger partial charge on any atom is -0.472 e. The van der Waals surface area contributed by atoms with E-state index in [0.717, 1.165) is 16.7 Å². The molecular formula is C13H11N3O2. The largest absolute Gasteiger partial charge is 0.472 e. The Labute approximate surface area is 103 Å². The number of nitrogens with two attached hydrogens (primary N) is 1. The second-order valence-electron chi connectivity index (χ2n) is 4.01. The third kappa shape index (κ3) is 1.75. The van der Waals surface area contributed by atoms with Gasteiger partial charge in [-0.2, -0.15) is 4.98 Å². The van der Waals surface area contributed by atoms with Crippen LogP contribution in [-0.4, -0.2) is 10.1 Å². The summed E-state index contributed by atoms with van der Waals surface area (Å²) in [6.45, 7) is 1.97. The Morgan fingerprint density at radius 1 is 1.22 bits per heavy atom. The van der Waals surface area contributed by atoms with E-state index in [9.17, 15) is 0 Å². The molecular weight excluding hydrogens is 230 g/mol. The molecule has 90 valence electrons. The van der Waals surface area contributed by atoms with E-state index >= 15 is 0 Å². The fraction of sp³-hybridized carbons (Fsp3) is 0.0769. The van der Waals surface area contributed by atoms with Crippen molar-refractivity contribution in [1.29, 1.82) is 0 Å². The minimum absolute atomic E-state index is 0.455. The molecule has 2 aromatic heterocycles. The zero-order chi connectivity index (χ0) is 12.5. The van der Waals surface area contributed by atoms with Crippen LogP contribution >= 0.6 is 0 Å². The first-order valence-electron chi connectivity index (χ1n) is 5.47. The van der Waals surface area contributed by atoms with Crippen LogP contribution in [0.5, 0.6) is 0 Å².